The largest absolute Gasteiger partial charge is 0.397 e. The SMILES string of the molecule is Nc1cccc(F)c1N1CC(S(N)(=O)=O)CC1=O. The first-order valence-corrected chi connectivity index (χ1v) is 6.77. The first kappa shape index (κ1) is 12.8. The van der Waals surface area contributed by atoms with Crippen LogP contribution in [0, 0.1) is 5.82 Å². The number of benzene rings is 1. The number of nitrogens with two attached hydrogens (primary N) is 2. The van der Waals surface area contributed by atoms with E-state index in [-0.39, 0.29) is 24.3 Å². The normalized spacial score (nSPS) is 20.4. The number of anilines is 2. The lowest BCUT2D eigenvalue weighted by Gasteiger charge is -2.18. The number of hydrogen-bond acceptors (Lipinski definition) is 4. The first-order valence-electron chi connectivity index (χ1n) is 5.16. The predicted octanol–water partition coefficient (Wildman–Crippen LogP) is -0.198. The molecular formula is C10H12FN3O3S. The minimum absolute atomic E-state index is 0.0819. The van der Waals surface area contributed by atoms with Gasteiger partial charge in [0.15, 0.2) is 0 Å². The molecule has 1 unspecified atom stereocenters. The Morgan fingerprint density at radius 1 is 1.39 bits per heavy atom. The molecule has 8 heteroatoms. The van der Waals surface area contributed by atoms with E-state index in [9.17, 15) is 17.6 Å². The zero-order chi connectivity index (χ0) is 13.5. The highest BCUT2D eigenvalue weighted by atomic mass is 32.2. The van der Waals surface area contributed by atoms with Crippen LogP contribution >= 0.6 is 0 Å². The van der Waals surface area contributed by atoms with Crippen molar-refractivity contribution in [1.82, 2.24) is 0 Å². The summed E-state index contributed by atoms with van der Waals surface area (Å²) in [6.45, 7) is -0.178. The van der Waals surface area contributed by atoms with Crippen molar-refractivity contribution < 1.29 is 17.6 Å². The van der Waals surface area contributed by atoms with Crippen molar-refractivity contribution in [2.24, 2.45) is 5.14 Å². The van der Waals surface area contributed by atoms with Gasteiger partial charge < -0.3 is 10.6 Å². The minimum Gasteiger partial charge on any atom is -0.397 e. The van der Waals surface area contributed by atoms with Gasteiger partial charge >= 0.3 is 0 Å². The minimum atomic E-state index is -3.83. The third kappa shape index (κ3) is 2.16. The second-order valence-corrected chi connectivity index (χ2v) is 5.94. The fraction of sp³-hybridized carbons (Fsp3) is 0.300. The zero-order valence-corrected chi connectivity index (χ0v) is 10.2. The van der Waals surface area contributed by atoms with Gasteiger partial charge in [-0.05, 0) is 12.1 Å². The van der Waals surface area contributed by atoms with Gasteiger partial charge in [-0.25, -0.2) is 17.9 Å². The lowest BCUT2D eigenvalue weighted by atomic mass is 10.2. The van der Waals surface area contributed by atoms with E-state index in [1.165, 1.54) is 12.1 Å². The maximum Gasteiger partial charge on any atom is 0.228 e. The molecule has 1 amide bonds. The van der Waals surface area contributed by atoms with Gasteiger partial charge in [0.05, 0.1) is 5.69 Å². The van der Waals surface area contributed by atoms with E-state index >= 15 is 0 Å². The number of para-hydroxylation sites is 1. The monoisotopic (exact) mass is 273 g/mol. The fourth-order valence-corrected chi connectivity index (χ4v) is 2.66. The zero-order valence-electron chi connectivity index (χ0n) is 9.34. The van der Waals surface area contributed by atoms with E-state index in [0.717, 1.165) is 11.0 Å². The molecule has 6 nitrogen and oxygen atoms in total. The van der Waals surface area contributed by atoms with Crippen LogP contribution in [0.25, 0.3) is 0 Å². The van der Waals surface area contributed by atoms with Gasteiger partial charge in [-0.1, -0.05) is 6.07 Å². The Kier molecular flexibility index (Phi) is 2.99. The fourth-order valence-electron chi connectivity index (χ4n) is 1.93. The van der Waals surface area contributed by atoms with Gasteiger partial charge in [0.1, 0.15) is 16.8 Å². The summed E-state index contributed by atoms with van der Waals surface area (Å²) in [5.74, 6) is -1.18. The summed E-state index contributed by atoms with van der Waals surface area (Å²) in [5.41, 5.74) is 5.60. The van der Waals surface area contributed by atoms with Crippen LogP contribution in [0.1, 0.15) is 6.42 Å². The lowest BCUT2D eigenvalue weighted by molar-refractivity contribution is -0.117. The number of hydrogen-bond donors (Lipinski definition) is 2. The van der Waals surface area contributed by atoms with E-state index in [2.05, 4.69) is 0 Å². The number of halogens is 1. The summed E-state index contributed by atoms with van der Waals surface area (Å²) in [6, 6.07) is 4.01. The molecule has 2 rings (SSSR count). The second-order valence-electron chi connectivity index (χ2n) is 4.10. The average Bonchev–Trinajstić information content (AvgIpc) is 2.60. The number of nitrogen functional groups attached to an aromatic ring is 1. The Morgan fingerprint density at radius 2 is 2.06 bits per heavy atom. The van der Waals surface area contributed by atoms with Crippen LogP contribution in [-0.2, 0) is 14.8 Å². The second kappa shape index (κ2) is 4.21. The molecule has 0 aromatic heterocycles. The number of primary sulfonamides is 1. The summed E-state index contributed by atoms with van der Waals surface area (Å²) < 4.78 is 36.0. The van der Waals surface area contributed by atoms with Crippen LogP contribution in [0.4, 0.5) is 15.8 Å². The third-order valence-electron chi connectivity index (χ3n) is 2.84. The number of carbonyl (C=O) groups is 1. The van der Waals surface area contributed by atoms with Crippen LogP contribution in [0.5, 0.6) is 0 Å². The van der Waals surface area contributed by atoms with Crippen LogP contribution < -0.4 is 15.8 Å². The molecule has 1 aromatic rings. The lowest BCUT2D eigenvalue weighted by Crippen LogP contribution is -2.32. The molecule has 1 heterocycles. The highest BCUT2D eigenvalue weighted by Crippen LogP contribution is 2.31. The predicted molar refractivity (Wildman–Crippen MR) is 64.7 cm³/mol. The standard InChI is InChI=1S/C10H12FN3O3S/c11-7-2-1-3-8(12)10(7)14-5-6(4-9(14)15)18(13,16)17/h1-3,6H,4-5,12H2,(H2,13,16,17). The van der Waals surface area contributed by atoms with Gasteiger partial charge in [0.25, 0.3) is 0 Å². The Bertz CT molecular complexity index is 582. The van der Waals surface area contributed by atoms with Crippen LogP contribution in [0.2, 0.25) is 0 Å². The maximum atomic E-state index is 13.6. The molecule has 4 N–H and O–H groups in total. The average molecular weight is 273 g/mol. The number of rotatable bonds is 2. The Hall–Kier alpha value is -1.67. The van der Waals surface area contributed by atoms with E-state index in [1.54, 1.807) is 0 Å². The number of carbonyl (C=O) groups excluding carboxylic acids is 1. The summed E-state index contributed by atoms with van der Waals surface area (Å²) in [5, 5.41) is 3.96. The molecule has 0 saturated carbocycles. The summed E-state index contributed by atoms with van der Waals surface area (Å²) >= 11 is 0. The van der Waals surface area contributed by atoms with Gasteiger partial charge in [-0.15, -0.1) is 0 Å². The molecule has 1 aliphatic heterocycles. The highest BCUT2D eigenvalue weighted by molar-refractivity contribution is 7.89. The molecule has 0 spiro atoms. The quantitative estimate of drug-likeness (QED) is 0.728. The van der Waals surface area contributed by atoms with Crippen molar-refractivity contribution in [2.45, 2.75) is 11.7 Å². The molecule has 1 aromatic carbocycles. The van der Waals surface area contributed by atoms with Crippen molar-refractivity contribution in [2.75, 3.05) is 17.2 Å². The molecule has 0 aliphatic carbocycles. The smallest absolute Gasteiger partial charge is 0.228 e. The molecule has 98 valence electrons. The van der Waals surface area contributed by atoms with E-state index in [1.807, 2.05) is 0 Å². The third-order valence-corrected chi connectivity index (χ3v) is 4.09. The van der Waals surface area contributed by atoms with Crippen molar-refractivity contribution in [1.29, 1.82) is 0 Å². The van der Waals surface area contributed by atoms with Crippen LogP contribution in [0.3, 0.4) is 0 Å². The van der Waals surface area contributed by atoms with Crippen molar-refractivity contribution in [3.63, 3.8) is 0 Å². The molecular weight excluding hydrogens is 261 g/mol. The van der Waals surface area contributed by atoms with E-state index in [4.69, 9.17) is 10.9 Å². The number of nitrogens with zero attached hydrogens (tertiary/aromatic N) is 1. The van der Waals surface area contributed by atoms with Gasteiger partial charge in [0.2, 0.25) is 15.9 Å². The van der Waals surface area contributed by atoms with Crippen LogP contribution in [0.15, 0.2) is 18.2 Å². The topological polar surface area (TPSA) is 106 Å². The van der Waals surface area contributed by atoms with E-state index < -0.39 is 27.0 Å². The molecule has 1 saturated heterocycles. The molecule has 1 atom stereocenters. The molecule has 1 aliphatic rings. The summed E-state index contributed by atoms with van der Waals surface area (Å²) in [4.78, 5) is 12.7. The summed E-state index contributed by atoms with van der Waals surface area (Å²) in [6.07, 6.45) is -0.257. The number of sulfonamides is 1. The van der Waals surface area contributed by atoms with Crippen molar-refractivity contribution in [3.8, 4) is 0 Å². The first-order chi connectivity index (χ1) is 8.30. The Labute approximate surface area is 103 Å². The van der Waals surface area contributed by atoms with Crippen molar-refractivity contribution >= 4 is 27.3 Å². The van der Waals surface area contributed by atoms with Gasteiger partial charge in [0, 0.05) is 13.0 Å². The Balaban J connectivity index is 2.39. The molecule has 1 fully saturated rings. The van der Waals surface area contributed by atoms with E-state index in [0.29, 0.717) is 0 Å². The molecule has 18 heavy (non-hydrogen) atoms. The molecule has 0 radical (unpaired) electrons. The highest BCUT2D eigenvalue weighted by Gasteiger charge is 2.38. The van der Waals surface area contributed by atoms with Crippen LogP contribution in [-0.4, -0.2) is 26.1 Å². The number of amides is 1. The van der Waals surface area contributed by atoms with Crippen molar-refractivity contribution in [3.05, 3.63) is 24.0 Å². The van der Waals surface area contributed by atoms with Gasteiger partial charge in [-0.3, -0.25) is 4.79 Å². The molecule has 0 bridgehead atoms. The van der Waals surface area contributed by atoms with Gasteiger partial charge in [-0.2, -0.15) is 0 Å². The summed E-state index contributed by atoms with van der Waals surface area (Å²) in [7, 11) is -3.83. The maximum absolute atomic E-state index is 13.6. The Morgan fingerprint density at radius 3 is 2.56 bits per heavy atom.